The third-order valence-electron chi connectivity index (χ3n) is 3.31. The summed E-state index contributed by atoms with van der Waals surface area (Å²) in [6.45, 7) is 4.43. The number of anilines is 2. The van der Waals surface area contributed by atoms with E-state index in [4.69, 9.17) is 11.6 Å². The molecule has 0 bridgehead atoms. The third-order valence-corrected chi connectivity index (χ3v) is 5.58. The van der Waals surface area contributed by atoms with Gasteiger partial charge in [-0.05, 0) is 17.7 Å². The molecule has 9 heteroatoms. The fourth-order valence-corrected chi connectivity index (χ4v) is 4.06. The van der Waals surface area contributed by atoms with Gasteiger partial charge in [0, 0.05) is 11.9 Å². The SMILES string of the molecule is CC.O=S(=O)(Nc1cscn1)c1cc(Cl)c(NCc2ccccc2)cc1F. The first-order valence-electron chi connectivity index (χ1n) is 8.13. The second-order valence-electron chi connectivity index (χ2n) is 5.08. The summed E-state index contributed by atoms with van der Waals surface area (Å²) in [5.41, 5.74) is 2.77. The number of rotatable bonds is 6. The number of sulfonamides is 1. The van der Waals surface area contributed by atoms with Crippen molar-refractivity contribution in [3.8, 4) is 0 Å². The van der Waals surface area contributed by atoms with Gasteiger partial charge in [-0.25, -0.2) is 17.8 Å². The number of nitrogens with one attached hydrogen (secondary N) is 2. The van der Waals surface area contributed by atoms with Gasteiger partial charge >= 0.3 is 0 Å². The van der Waals surface area contributed by atoms with E-state index in [1.165, 1.54) is 22.2 Å². The van der Waals surface area contributed by atoms with Crippen molar-refractivity contribution in [2.24, 2.45) is 0 Å². The first-order chi connectivity index (χ1) is 13.0. The van der Waals surface area contributed by atoms with Crippen LogP contribution in [0.4, 0.5) is 15.9 Å². The van der Waals surface area contributed by atoms with Gasteiger partial charge in [-0.2, -0.15) is 0 Å². The number of halogens is 2. The van der Waals surface area contributed by atoms with Gasteiger partial charge in [0.25, 0.3) is 10.0 Å². The predicted octanol–water partition coefficient (Wildman–Crippen LogP) is 5.37. The minimum absolute atomic E-state index is 0.107. The van der Waals surface area contributed by atoms with Crippen LogP contribution in [-0.2, 0) is 16.6 Å². The fourth-order valence-electron chi connectivity index (χ4n) is 2.12. The van der Waals surface area contributed by atoms with Crippen LogP contribution in [0, 0.1) is 5.82 Å². The molecule has 0 spiro atoms. The average Bonchev–Trinajstić information content (AvgIpc) is 3.16. The second-order valence-corrected chi connectivity index (χ2v) is 7.86. The number of nitrogens with zero attached hydrogens (tertiary/aromatic N) is 1. The van der Waals surface area contributed by atoms with Gasteiger partial charge in [0.15, 0.2) is 5.82 Å². The van der Waals surface area contributed by atoms with Crippen LogP contribution in [0.1, 0.15) is 19.4 Å². The largest absolute Gasteiger partial charge is 0.380 e. The van der Waals surface area contributed by atoms with E-state index in [-0.39, 0.29) is 10.8 Å². The molecule has 0 fully saturated rings. The Morgan fingerprint density at radius 1 is 1.19 bits per heavy atom. The lowest BCUT2D eigenvalue weighted by molar-refractivity contribution is 0.570. The van der Waals surface area contributed by atoms with Crippen LogP contribution in [-0.4, -0.2) is 13.4 Å². The van der Waals surface area contributed by atoms with Crippen molar-refractivity contribution in [3.63, 3.8) is 0 Å². The molecule has 0 saturated carbocycles. The Kier molecular flexibility index (Phi) is 7.58. The number of benzene rings is 2. The van der Waals surface area contributed by atoms with E-state index >= 15 is 0 Å². The molecule has 0 saturated heterocycles. The number of thiazole rings is 1. The standard InChI is InChI=1S/C16H13ClFN3O2S2.C2H6/c17-12-6-15(25(22,23)21-16-9-24-10-20-16)13(18)7-14(12)19-8-11-4-2-1-3-5-11;1-2/h1-7,9-10,19,21H,8H2;1-2H3. The maximum Gasteiger partial charge on any atom is 0.266 e. The quantitative estimate of drug-likeness (QED) is 0.554. The molecule has 0 amide bonds. The van der Waals surface area contributed by atoms with Crippen molar-refractivity contribution in [1.82, 2.24) is 4.98 Å². The van der Waals surface area contributed by atoms with Crippen LogP contribution in [0.2, 0.25) is 5.02 Å². The summed E-state index contributed by atoms with van der Waals surface area (Å²) in [5.74, 6) is -0.769. The summed E-state index contributed by atoms with van der Waals surface area (Å²) in [6, 6.07) is 11.6. The molecule has 5 nitrogen and oxygen atoms in total. The summed E-state index contributed by atoms with van der Waals surface area (Å²) < 4.78 is 41.2. The molecule has 0 radical (unpaired) electrons. The van der Waals surface area contributed by atoms with Crippen LogP contribution in [0.5, 0.6) is 0 Å². The van der Waals surface area contributed by atoms with Gasteiger partial charge in [0.1, 0.15) is 10.7 Å². The van der Waals surface area contributed by atoms with Crippen molar-refractivity contribution in [3.05, 3.63) is 69.8 Å². The molecule has 0 atom stereocenters. The molecule has 3 aromatic rings. The molecular formula is C18H19ClFN3O2S2. The summed E-state index contributed by atoms with van der Waals surface area (Å²) >= 11 is 7.34. The summed E-state index contributed by atoms with van der Waals surface area (Å²) in [4.78, 5) is 3.29. The van der Waals surface area contributed by atoms with Crippen molar-refractivity contribution >= 4 is 44.5 Å². The minimum Gasteiger partial charge on any atom is -0.380 e. The highest BCUT2D eigenvalue weighted by molar-refractivity contribution is 7.92. The molecule has 27 heavy (non-hydrogen) atoms. The van der Waals surface area contributed by atoms with E-state index in [0.29, 0.717) is 12.2 Å². The summed E-state index contributed by atoms with van der Waals surface area (Å²) in [7, 11) is -4.11. The van der Waals surface area contributed by atoms with E-state index in [2.05, 4.69) is 15.0 Å². The van der Waals surface area contributed by atoms with Crippen LogP contribution in [0.3, 0.4) is 0 Å². The van der Waals surface area contributed by atoms with Crippen LogP contribution in [0.25, 0.3) is 0 Å². The minimum atomic E-state index is -4.11. The lowest BCUT2D eigenvalue weighted by Crippen LogP contribution is -2.15. The van der Waals surface area contributed by atoms with Gasteiger partial charge in [-0.1, -0.05) is 55.8 Å². The zero-order chi connectivity index (χ0) is 19.9. The topological polar surface area (TPSA) is 71.1 Å². The molecule has 0 aliphatic rings. The van der Waals surface area contributed by atoms with Gasteiger partial charge in [0.05, 0.1) is 16.2 Å². The highest BCUT2D eigenvalue weighted by Gasteiger charge is 2.22. The lowest BCUT2D eigenvalue weighted by Gasteiger charge is -2.12. The van der Waals surface area contributed by atoms with Crippen molar-refractivity contribution < 1.29 is 12.8 Å². The first kappa shape index (κ1) is 21.1. The maximum atomic E-state index is 14.3. The molecule has 1 aromatic heterocycles. The Morgan fingerprint density at radius 3 is 2.52 bits per heavy atom. The Bertz CT molecular complexity index is 966. The zero-order valence-electron chi connectivity index (χ0n) is 14.7. The molecule has 0 aliphatic heterocycles. The highest BCUT2D eigenvalue weighted by Crippen LogP contribution is 2.29. The molecule has 2 N–H and O–H groups in total. The number of hydrogen-bond donors (Lipinski definition) is 2. The second kappa shape index (κ2) is 9.68. The third kappa shape index (κ3) is 5.66. The molecule has 0 aliphatic carbocycles. The smallest absolute Gasteiger partial charge is 0.266 e. The molecule has 3 rings (SSSR count). The van der Waals surface area contributed by atoms with E-state index in [1.54, 1.807) is 0 Å². The average molecular weight is 428 g/mol. The Labute approximate surface area is 167 Å². The van der Waals surface area contributed by atoms with E-state index < -0.39 is 20.7 Å². The molecule has 1 heterocycles. The fraction of sp³-hybridized carbons (Fsp3) is 0.167. The number of hydrogen-bond acceptors (Lipinski definition) is 5. The van der Waals surface area contributed by atoms with Gasteiger partial charge in [-0.15, -0.1) is 11.3 Å². The van der Waals surface area contributed by atoms with Gasteiger partial charge < -0.3 is 5.32 Å². The van der Waals surface area contributed by atoms with Crippen molar-refractivity contribution in [2.45, 2.75) is 25.3 Å². The monoisotopic (exact) mass is 427 g/mol. The normalized spacial score (nSPS) is 10.7. The van der Waals surface area contributed by atoms with E-state index in [0.717, 1.165) is 17.7 Å². The van der Waals surface area contributed by atoms with Gasteiger partial charge in [-0.3, -0.25) is 4.72 Å². The Balaban J connectivity index is 0.00000126. The molecule has 0 unspecified atom stereocenters. The molecule has 2 aromatic carbocycles. The van der Waals surface area contributed by atoms with Crippen LogP contribution >= 0.6 is 22.9 Å². The summed E-state index contributed by atoms with van der Waals surface area (Å²) in [5, 5.41) is 4.61. The van der Waals surface area contributed by atoms with Crippen LogP contribution < -0.4 is 10.0 Å². The Morgan fingerprint density at radius 2 is 1.89 bits per heavy atom. The first-order valence-corrected chi connectivity index (χ1v) is 10.9. The van der Waals surface area contributed by atoms with E-state index in [9.17, 15) is 12.8 Å². The predicted molar refractivity (Wildman–Crippen MR) is 109 cm³/mol. The highest BCUT2D eigenvalue weighted by atomic mass is 35.5. The van der Waals surface area contributed by atoms with Gasteiger partial charge in [0.2, 0.25) is 0 Å². The number of aromatic nitrogens is 1. The van der Waals surface area contributed by atoms with Crippen molar-refractivity contribution in [2.75, 3.05) is 10.0 Å². The summed E-state index contributed by atoms with van der Waals surface area (Å²) in [6.07, 6.45) is 0. The van der Waals surface area contributed by atoms with Crippen LogP contribution in [0.15, 0.2) is 58.3 Å². The van der Waals surface area contributed by atoms with Crippen molar-refractivity contribution in [1.29, 1.82) is 0 Å². The Hall–Kier alpha value is -2.16. The van der Waals surface area contributed by atoms with E-state index in [1.807, 2.05) is 44.2 Å². The molecular weight excluding hydrogens is 409 g/mol. The zero-order valence-corrected chi connectivity index (χ0v) is 17.1. The lowest BCUT2D eigenvalue weighted by atomic mass is 10.2. The maximum absolute atomic E-state index is 14.3. The molecule has 144 valence electrons.